The molecule has 2 rings (SSSR count). The number of likely N-dealkylation sites (tertiary alicyclic amines) is 1. The third kappa shape index (κ3) is 23.4. The minimum Gasteiger partial charge on any atom is -0.716 e. The molecule has 1 aliphatic heterocycles. The zero-order chi connectivity index (χ0) is 29.4. The third-order valence-electron chi connectivity index (χ3n) is 5.48. The van der Waals surface area contributed by atoms with Gasteiger partial charge in [-0.2, -0.15) is 25.7 Å². The zero-order valence-corrected chi connectivity index (χ0v) is 26.9. The molecular formula is C30H54NNiO6S-5. The van der Waals surface area contributed by atoms with E-state index in [0.29, 0.717) is 13.0 Å². The standard InChI is InChI=1S/C18H28NO6S.3C4H9.Ni/c1-4-14(2)13-24-17-12-15(7-10-19-8-5-6-9-19)11-16(23-3)18(17)25-26(20,21)22;3*1-3-4-2;/h11-12,14H,1,4-10,13H2,2-3H3,(H,20,21,22);3*1,3-4H2,2H3;/q4*-1;/p-1. The van der Waals surface area contributed by atoms with E-state index in [1.54, 1.807) is 12.1 Å². The summed E-state index contributed by atoms with van der Waals surface area (Å²) in [6, 6.07) is 3.41. The van der Waals surface area contributed by atoms with Gasteiger partial charge in [0.2, 0.25) is 5.75 Å². The summed E-state index contributed by atoms with van der Waals surface area (Å²) < 4.78 is 48.8. The van der Waals surface area contributed by atoms with Gasteiger partial charge in [0, 0.05) is 23.0 Å². The second kappa shape index (κ2) is 27.2. The van der Waals surface area contributed by atoms with Gasteiger partial charge < -0.3 is 50.8 Å². The number of hydrogen-bond acceptors (Lipinski definition) is 7. The molecule has 0 N–H and O–H groups in total. The van der Waals surface area contributed by atoms with Crippen molar-refractivity contribution in [2.24, 2.45) is 5.92 Å². The molecule has 0 amide bonds. The summed E-state index contributed by atoms with van der Waals surface area (Å²) in [4.78, 5) is 2.38. The molecule has 236 valence electrons. The van der Waals surface area contributed by atoms with Gasteiger partial charge >= 0.3 is 0 Å². The van der Waals surface area contributed by atoms with Gasteiger partial charge in [0.1, 0.15) is 0 Å². The fourth-order valence-electron chi connectivity index (χ4n) is 2.83. The van der Waals surface area contributed by atoms with Gasteiger partial charge in [0.25, 0.3) is 10.4 Å². The molecule has 9 heteroatoms. The maximum atomic E-state index is 11.1. The quantitative estimate of drug-likeness (QED) is 0.0998. The monoisotopic (exact) mass is 614 g/mol. The minimum atomic E-state index is -4.95. The molecule has 0 aliphatic carbocycles. The van der Waals surface area contributed by atoms with Crippen LogP contribution in [0.1, 0.15) is 91.0 Å². The van der Waals surface area contributed by atoms with Crippen LogP contribution in [0.3, 0.4) is 0 Å². The van der Waals surface area contributed by atoms with Gasteiger partial charge in [-0.1, -0.05) is 47.0 Å². The van der Waals surface area contributed by atoms with Crippen LogP contribution in [-0.2, 0) is 33.3 Å². The van der Waals surface area contributed by atoms with E-state index in [0.717, 1.165) is 50.9 Å². The van der Waals surface area contributed by atoms with Crippen LogP contribution in [0.15, 0.2) is 12.1 Å². The van der Waals surface area contributed by atoms with Crippen LogP contribution in [0, 0.1) is 33.6 Å². The van der Waals surface area contributed by atoms with Crippen molar-refractivity contribution >= 4 is 10.4 Å². The van der Waals surface area contributed by atoms with Crippen LogP contribution in [0.4, 0.5) is 0 Å². The van der Waals surface area contributed by atoms with Gasteiger partial charge in [-0.15, -0.1) is 0 Å². The smallest absolute Gasteiger partial charge is 0.262 e. The SMILES string of the molecule is [CH2-]CC(C)COc1cc(CCN2CCCC2)cc(OC)c1OS(=O)(=O)[O-].[CH2-]CCC.[CH2-]CCC.[CH2-]CCC.[Ni]. The van der Waals surface area contributed by atoms with Gasteiger partial charge in [0.05, 0.1) is 13.7 Å². The molecule has 1 heterocycles. The Bertz CT molecular complexity index is 770. The van der Waals surface area contributed by atoms with Crippen LogP contribution < -0.4 is 13.7 Å². The number of hydrogen-bond donors (Lipinski definition) is 0. The number of rotatable bonds is 13. The van der Waals surface area contributed by atoms with Gasteiger partial charge in [-0.25, -0.2) is 8.42 Å². The van der Waals surface area contributed by atoms with Crippen molar-refractivity contribution in [2.75, 3.05) is 33.4 Å². The minimum absolute atomic E-state index is 0. The largest absolute Gasteiger partial charge is 0.716 e. The van der Waals surface area contributed by atoms with E-state index in [4.69, 9.17) is 9.47 Å². The summed E-state index contributed by atoms with van der Waals surface area (Å²) in [6.45, 7) is 26.4. The molecule has 0 spiro atoms. The fourth-order valence-corrected chi connectivity index (χ4v) is 3.20. The first-order chi connectivity index (χ1) is 18.1. The van der Waals surface area contributed by atoms with E-state index in [9.17, 15) is 13.0 Å². The maximum Gasteiger partial charge on any atom is 0.262 e. The molecule has 1 aromatic rings. The molecule has 1 fully saturated rings. The second-order valence-corrected chi connectivity index (χ2v) is 10.2. The predicted octanol–water partition coefficient (Wildman–Crippen LogP) is 7.27. The Balaban J connectivity index is -0.000000840. The number of methoxy groups -OCH3 is 1. The topological polar surface area (TPSA) is 88.1 Å². The number of unbranched alkanes of at least 4 members (excludes halogenated alkanes) is 3. The van der Waals surface area contributed by atoms with Crippen LogP contribution in [0.5, 0.6) is 17.2 Å². The van der Waals surface area contributed by atoms with Crippen molar-refractivity contribution in [1.29, 1.82) is 0 Å². The summed E-state index contributed by atoms with van der Waals surface area (Å²) in [5.74, 6) is 0.329. The molecule has 0 saturated carbocycles. The van der Waals surface area contributed by atoms with Crippen molar-refractivity contribution in [3.05, 3.63) is 45.4 Å². The first kappa shape index (κ1) is 42.5. The first-order valence-corrected chi connectivity index (χ1v) is 15.3. The molecule has 1 saturated heterocycles. The summed E-state index contributed by atoms with van der Waals surface area (Å²) in [7, 11) is -3.55. The molecule has 0 bridgehead atoms. The number of ether oxygens (including phenoxy) is 2. The average Bonchev–Trinajstić information content (AvgIpc) is 3.44. The molecular weight excluding hydrogens is 561 g/mol. The van der Waals surface area contributed by atoms with Gasteiger partial charge in [-0.05, 0) is 56.0 Å². The van der Waals surface area contributed by atoms with Gasteiger partial charge in [-0.3, -0.25) is 0 Å². The Morgan fingerprint density at radius 2 is 1.41 bits per heavy atom. The molecule has 1 unspecified atom stereocenters. The summed E-state index contributed by atoms with van der Waals surface area (Å²) in [6.07, 6.45) is 10.7. The Kier molecular flexibility index (Phi) is 29.6. The fraction of sp³-hybridized carbons (Fsp3) is 0.667. The van der Waals surface area contributed by atoms with Crippen molar-refractivity contribution in [3.8, 4) is 17.2 Å². The van der Waals surface area contributed by atoms with E-state index < -0.39 is 10.4 Å². The van der Waals surface area contributed by atoms with E-state index >= 15 is 0 Å². The Labute approximate surface area is 251 Å². The molecule has 7 nitrogen and oxygen atoms in total. The molecule has 1 atom stereocenters. The molecule has 1 aliphatic rings. The van der Waals surface area contributed by atoms with Crippen LogP contribution in [0.2, 0.25) is 0 Å². The van der Waals surface area contributed by atoms with Crippen LogP contribution >= 0.6 is 0 Å². The van der Waals surface area contributed by atoms with Crippen LogP contribution in [0.25, 0.3) is 0 Å². The normalized spacial score (nSPS) is 13.3. The summed E-state index contributed by atoms with van der Waals surface area (Å²) in [5, 5.41) is 0. The van der Waals surface area contributed by atoms with Gasteiger partial charge in [0.15, 0.2) is 11.5 Å². The first-order valence-electron chi connectivity index (χ1n) is 13.9. The van der Waals surface area contributed by atoms with E-state index in [-0.39, 0.29) is 39.7 Å². The van der Waals surface area contributed by atoms with Crippen molar-refractivity contribution in [3.63, 3.8) is 0 Å². The number of benzene rings is 1. The average molecular weight is 616 g/mol. The number of nitrogens with zero attached hydrogens (tertiary/aromatic N) is 1. The predicted molar refractivity (Wildman–Crippen MR) is 158 cm³/mol. The Morgan fingerprint density at radius 3 is 1.79 bits per heavy atom. The van der Waals surface area contributed by atoms with E-state index in [1.165, 1.54) is 39.2 Å². The van der Waals surface area contributed by atoms with Crippen molar-refractivity contribution < 1.29 is 43.1 Å². The summed E-state index contributed by atoms with van der Waals surface area (Å²) in [5.41, 5.74) is 0.932. The Hall–Kier alpha value is -1.02. The van der Waals surface area contributed by atoms with E-state index in [1.807, 2.05) is 6.92 Å². The Morgan fingerprint density at radius 1 is 0.949 bits per heavy atom. The molecule has 39 heavy (non-hydrogen) atoms. The van der Waals surface area contributed by atoms with Crippen molar-refractivity contribution in [1.82, 2.24) is 4.90 Å². The zero-order valence-electron chi connectivity index (χ0n) is 25.1. The van der Waals surface area contributed by atoms with Crippen molar-refractivity contribution in [2.45, 2.75) is 91.9 Å². The molecule has 1 aromatic carbocycles. The second-order valence-electron chi connectivity index (χ2n) is 9.18. The van der Waals surface area contributed by atoms with Crippen LogP contribution in [-0.4, -0.2) is 51.2 Å². The van der Waals surface area contributed by atoms with E-state index in [2.05, 4.69) is 57.5 Å². The maximum absolute atomic E-state index is 11.1. The molecule has 0 radical (unpaired) electrons. The summed E-state index contributed by atoms with van der Waals surface area (Å²) >= 11 is 0. The third-order valence-corrected chi connectivity index (χ3v) is 5.85. The molecule has 0 aromatic heterocycles.